The van der Waals surface area contributed by atoms with Crippen LogP contribution in [0.5, 0.6) is 0 Å². The molecule has 110 valence electrons. The second-order valence-electron chi connectivity index (χ2n) is 4.61. The SMILES string of the molecule is CC(N)c1ccc(NC(=O)Nc2ccc(F)cc2I)cc1. The van der Waals surface area contributed by atoms with Crippen molar-refractivity contribution < 1.29 is 9.18 Å². The first-order valence-electron chi connectivity index (χ1n) is 6.34. The molecule has 2 amide bonds. The molecule has 0 aliphatic heterocycles. The smallest absolute Gasteiger partial charge is 0.323 e. The van der Waals surface area contributed by atoms with Gasteiger partial charge in [-0.05, 0) is 65.4 Å². The molecule has 0 aliphatic carbocycles. The van der Waals surface area contributed by atoms with Crippen molar-refractivity contribution in [3.8, 4) is 0 Å². The Morgan fingerprint density at radius 2 is 1.86 bits per heavy atom. The summed E-state index contributed by atoms with van der Waals surface area (Å²) in [5, 5.41) is 5.38. The maximum atomic E-state index is 13.0. The van der Waals surface area contributed by atoms with Crippen LogP contribution in [0.2, 0.25) is 0 Å². The maximum absolute atomic E-state index is 13.0. The predicted molar refractivity (Wildman–Crippen MR) is 90.8 cm³/mol. The molecule has 4 nitrogen and oxygen atoms in total. The molecular formula is C15H15FIN3O. The Hall–Kier alpha value is -1.67. The van der Waals surface area contributed by atoms with Gasteiger partial charge in [0, 0.05) is 15.3 Å². The molecule has 21 heavy (non-hydrogen) atoms. The van der Waals surface area contributed by atoms with E-state index in [0.29, 0.717) is 14.9 Å². The van der Waals surface area contributed by atoms with Gasteiger partial charge in [-0.25, -0.2) is 9.18 Å². The molecule has 0 fully saturated rings. The minimum absolute atomic E-state index is 0.0475. The average Bonchev–Trinajstić information content (AvgIpc) is 2.42. The molecule has 0 bridgehead atoms. The second kappa shape index (κ2) is 6.86. The second-order valence-corrected chi connectivity index (χ2v) is 5.78. The van der Waals surface area contributed by atoms with E-state index in [2.05, 4.69) is 10.6 Å². The number of halogens is 2. The van der Waals surface area contributed by atoms with E-state index in [1.165, 1.54) is 18.2 Å². The lowest BCUT2D eigenvalue weighted by Gasteiger charge is -2.10. The summed E-state index contributed by atoms with van der Waals surface area (Å²) in [5.74, 6) is -0.336. The highest BCUT2D eigenvalue weighted by atomic mass is 127. The summed E-state index contributed by atoms with van der Waals surface area (Å²) >= 11 is 1.97. The summed E-state index contributed by atoms with van der Waals surface area (Å²) in [7, 11) is 0. The number of rotatable bonds is 3. The first-order valence-corrected chi connectivity index (χ1v) is 7.42. The fourth-order valence-electron chi connectivity index (χ4n) is 1.75. The largest absolute Gasteiger partial charge is 0.324 e. The lowest BCUT2D eigenvalue weighted by molar-refractivity contribution is 0.262. The molecular weight excluding hydrogens is 384 g/mol. The molecule has 0 radical (unpaired) electrons. The van der Waals surface area contributed by atoms with Crippen LogP contribution in [0.25, 0.3) is 0 Å². The number of nitrogens with one attached hydrogen (secondary N) is 2. The Balaban J connectivity index is 2.01. The van der Waals surface area contributed by atoms with Crippen molar-refractivity contribution in [2.45, 2.75) is 13.0 Å². The Kier molecular flexibility index (Phi) is 5.13. The quantitative estimate of drug-likeness (QED) is 0.681. The van der Waals surface area contributed by atoms with Crippen molar-refractivity contribution in [1.29, 1.82) is 0 Å². The lowest BCUT2D eigenvalue weighted by Crippen LogP contribution is -2.20. The zero-order valence-electron chi connectivity index (χ0n) is 11.4. The molecule has 2 aromatic carbocycles. The Morgan fingerprint density at radius 1 is 1.19 bits per heavy atom. The van der Waals surface area contributed by atoms with Crippen LogP contribution >= 0.6 is 22.6 Å². The molecule has 1 unspecified atom stereocenters. The molecule has 0 aromatic heterocycles. The number of urea groups is 1. The van der Waals surface area contributed by atoms with Crippen LogP contribution in [0.4, 0.5) is 20.6 Å². The normalized spacial score (nSPS) is 11.8. The van der Waals surface area contributed by atoms with E-state index in [1.807, 2.05) is 41.6 Å². The van der Waals surface area contributed by atoms with E-state index in [-0.39, 0.29) is 17.9 Å². The van der Waals surface area contributed by atoms with Gasteiger partial charge in [0.1, 0.15) is 5.82 Å². The van der Waals surface area contributed by atoms with Crippen LogP contribution in [-0.2, 0) is 0 Å². The Labute approximate surface area is 136 Å². The van der Waals surface area contributed by atoms with Crippen LogP contribution in [0, 0.1) is 9.39 Å². The number of carbonyl (C=O) groups is 1. The summed E-state index contributed by atoms with van der Waals surface area (Å²) < 4.78 is 13.6. The highest BCUT2D eigenvalue weighted by Gasteiger charge is 2.07. The van der Waals surface area contributed by atoms with Gasteiger partial charge in [0.15, 0.2) is 0 Å². The first kappa shape index (κ1) is 15.7. The van der Waals surface area contributed by atoms with Crippen molar-refractivity contribution in [3.05, 3.63) is 57.4 Å². The van der Waals surface area contributed by atoms with Crippen LogP contribution in [0.1, 0.15) is 18.5 Å². The molecule has 2 aromatic rings. The fraction of sp³-hybridized carbons (Fsp3) is 0.133. The highest BCUT2D eigenvalue weighted by molar-refractivity contribution is 14.1. The monoisotopic (exact) mass is 399 g/mol. The summed E-state index contributed by atoms with van der Waals surface area (Å²) in [4.78, 5) is 11.9. The van der Waals surface area contributed by atoms with Gasteiger partial charge in [-0.15, -0.1) is 0 Å². The predicted octanol–water partition coefficient (Wildman–Crippen LogP) is 4.09. The third-order valence-electron chi connectivity index (χ3n) is 2.87. The first-order chi connectivity index (χ1) is 9.95. The molecule has 0 spiro atoms. The number of hydrogen-bond acceptors (Lipinski definition) is 2. The van der Waals surface area contributed by atoms with Gasteiger partial charge < -0.3 is 16.4 Å². The van der Waals surface area contributed by atoms with Gasteiger partial charge in [0.25, 0.3) is 0 Å². The molecule has 6 heteroatoms. The zero-order valence-corrected chi connectivity index (χ0v) is 13.5. The summed E-state index contributed by atoms with van der Waals surface area (Å²) in [5.41, 5.74) is 7.98. The number of carbonyl (C=O) groups excluding carboxylic acids is 1. The number of amides is 2. The number of hydrogen-bond donors (Lipinski definition) is 3. The Bertz CT molecular complexity index is 644. The molecule has 2 rings (SSSR count). The molecule has 0 heterocycles. The number of nitrogens with two attached hydrogens (primary N) is 1. The van der Waals surface area contributed by atoms with E-state index in [0.717, 1.165) is 5.56 Å². The van der Waals surface area contributed by atoms with E-state index in [4.69, 9.17) is 5.73 Å². The van der Waals surface area contributed by atoms with Crippen LogP contribution in [0.15, 0.2) is 42.5 Å². The van der Waals surface area contributed by atoms with Gasteiger partial charge in [-0.1, -0.05) is 12.1 Å². The van der Waals surface area contributed by atoms with E-state index >= 15 is 0 Å². The van der Waals surface area contributed by atoms with Gasteiger partial charge in [0.05, 0.1) is 5.69 Å². The third-order valence-corrected chi connectivity index (χ3v) is 3.77. The standard InChI is InChI=1S/C15H15FIN3O/c1-9(18)10-2-5-12(6-3-10)19-15(21)20-14-7-4-11(16)8-13(14)17/h2-9H,18H2,1H3,(H2,19,20,21). The number of benzene rings is 2. The molecule has 4 N–H and O–H groups in total. The fourth-order valence-corrected chi connectivity index (χ4v) is 2.36. The van der Waals surface area contributed by atoms with Crippen molar-refractivity contribution in [2.24, 2.45) is 5.73 Å². The van der Waals surface area contributed by atoms with Crippen molar-refractivity contribution in [2.75, 3.05) is 10.6 Å². The minimum Gasteiger partial charge on any atom is -0.324 e. The van der Waals surface area contributed by atoms with Crippen molar-refractivity contribution >= 4 is 40.0 Å². The van der Waals surface area contributed by atoms with E-state index in [9.17, 15) is 9.18 Å². The zero-order chi connectivity index (χ0) is 15.4. The molecule has 0 saturated heterocycles. The third kappa shape index (κ3) is 4.40. The van der Waals surface area contributed by atoms with E-state index in [1.54, 1.807) is 12.1 Å². The van der Waals surface area contributed by atoms with Crippen molar-refractivity contribution in [3.63, 3.8) is 0 Å². The summed E-state index contributed by atoms with van der Waals surface area (Å²) in [6.07, 6.45) is 0. The van der Waals surface area contributed by atoms with Crippen LogP contribution < -0.4 is 16.4 Å². The average molecular weight is 399 g/mol. The van der Waals surface area contributed by atoms with Gasteiger partial charge in [-0.3, -0.25) is 0 Å². The topological polar surface area (TPSA) is 67.1 Å². The van der Waals surface area contributed by atoms with Crippen LogP contribution in [-0.4, -0.2) is 6.03 Å². The molecule has 1 atom stereocenters. The summed E-state index contributed by atoms with van der Waals surface area (Å²) in [6.45, 7) is 1.89. The van der Waals surface area contributed by atoms with Gasteiger partial charge in [-0.2, -0.15) is 0 Å². The Morgan fingerprint density at radius 3 is 2.43 bits per heavy atom. The maximum Gasteiger partial charge on any atom is 0.323 e. The number of anilines is 2. The summed E-state index contributed by atoms with van der Waals surface area (Å²) in [6, 6.07) is 11.0. The molecule has 0 saturated carbocycles. The minimum atomic E-state index is -0.381. The van der Waals surface area contributed by atoms with Crippen molar-refractivity contribution in [1.82, 2.24) is 0 Å². The van der Waals surface area contributed by atoms with Crippen LogP contribution in [0.3, 0.4) is 0 Å². The van der Waals surface area contributed by atoms with Gasteiger partial charge >= 0.3 is 6.03 Å². The van der Waals surface area contributed by atoms with E-state index < -0.39 is 0 Å². The molecule has 0 aliphatic rings. The highest BCUT2D eigenvalue weighted by Crippen LogP contribution is 2.20. The lowest BCUT2D eigenvalue weighted by atomic mass is 10.1. The van der Waals surface area contributed by atoms with Gasteiger partial charge in [0.2, 0.25) is 0 Å².